The molecule has 1 unspecified atom stereocenters. The number of para-hydroxylation sites is 1. The number of Topliss-reactive ketones (excluding diaryl/α,β-unsaturated/α-hetero) is 1. The van der Waals surface area contributed by atoms with Gasteiger partial charge in [0, 0.05) is 5.56 Å². The zero-order valence-electron chi connectivity index (χ0n) is 6.77. The molecule has 0 aliphatic carbocycles. The number of phenolic OH excluding ortho intramolecular Hbond substituents is 1. The first kappa shape index (κ1) is 10.2. The summed E-state index contributed by atoms with van der Waals surface area (Å²) in [6.07, 6.45) is -1.25. The lowest BCUT2D eigenvalue weighted by Gasteiger charge is -2.09. The number of hydrogen-bond acceptors (Lipinski definition) is 3. The Morgan fingerprint density at radius 3 is 2.62 bits per heavy atom. The van der Waals surface area contributed by atoms with E-state index in [1.165, 1.54) is 12.1 Å². The van der Waals surface area contributed by atoms with Gasteiger partial charge in [-0.15, -0.1) is 0 Å². The van der Waals surface area contributed by atoms with E-state index in [1.807, 2.05) is 0 Å². The number of aliphatic hydroxyl groups is 1. The fraction of sp³-hybridized carbons (Fsp3) is 0.222. The van der Waals surface area contributed by atoms with Crippen molar-refractivity contribution in [2.24, 2.45) is 0 Å². The topological polar surface area (TPSA) is 57.5 Å². The maximum atomic E-state index is 11.1. The molecule has 0 saturated heterocycles. The number of ketones is 1. The quantitative estimate of drug-likeness (QED) is 0.791. The Morgan fingerprint density at radius 2 is 2.08 bits per heavy atom. The molecule has 0 saturated carbocycles. The standard InChI is InChI=1S/C9H9BrO3/c10-5-8(12)9(13)6-3-1-2-4-7(6)11/h1-4,9,11,13H,5H2. The molecule has 1 atom stereocenters. The molecule has 0 aliphatic rings. The van der Waals surface area contributed by atoms with Crippen LogP contribution in [0.3, 0.4) is 0 Å². The van der Waals surface area contributed by atoms with Crippen LogP contribution >= 0.6 is 15.9 Å². The predicted molar refractivity (Wildman–Crippen MR) is 51.9 cm³/mol. The van der Waals surface area contributed by atoms with E-state index in [4.69, 9.17) is 0 Å². The van der Waals surface area contributed by atoms with Crippen LogP contribution in [0.2, 0.25) is 0 Å². The number of aliphatic hydroxyl groups excluding tert-OH is 1. The van der Waals surface area contributed by atoms with Gasteiger partial charge in [-0.25, -0.2) is 0 Å². The van der Waals surface area contributed by atoms with Crippen molar-refractivity contribution in [2.75, 3.05) is 5.33 Å². The highest BCUT2D eigenvalue weighted by atomic mass is 79.9. The van der Waals surface area contributed by atoms with Gasteiger partial charge in [0.2, 0.25) is 0 Å². The lowest BCUT2D eigenvalue weighted by Crippen LogP contribution is -2.12. The second kappa shape index (κ2) is 4.39. The van der Waals surface area contributed by atoms with Crippen molar-refractivity contribution in [1.29, 1.82) is 0 Å². The Morgan fingerprint density at radius 1 is 1.46 bits per heavy atom. The SMILES string of the molecule is O=C(CBr)C(O)c1ccccc1O. The van der Waals surface area contributed by atoms with E-state index >= 15 is 0 Å². The van der Waals surface area contributed by atoms with Crippen molar-refractivity contribution < 1.29 is 15.0 Å². The van der Waals surface area contributed by atoms with Crippen LogP contribution in [0.1, 0.15) is 11.7 Å². The van der Waals surface area contributed by atoms with Crippen LogP contribution in [0.25, 0.3) is 0 Å². The summed E-state index contributed by atoms with van der Waals surface area (Å²) in [6, 6.07) is 6.23. The highest BCUT2D eigenvalue weighted by Crippen LogP contribution is 2.24. The summed E-state index contributed by atoms with van der Waals surface area (Å²) in [5, 5.41) is 18.8. The molecule has 0 aliphatic heterocycles. The van der Waals surface area contributed by atoms with Gasteiger partial charge in [0.15, 0.2) is 5.78 Å². The zero-order valence-corrected chi connectivity index (χ0v) is 8.36. The van der Waals surface area contributed by atoms with Gasteiger partial charge in [-0.05, 0) is 6.07 Å². The van der Waals surface area contributed by atoms with Crippen molar-refractivity contribution in [3.05, 3.63) is 29.8 Å². The minimum atomic E-state index is -1.25. The largest absolute Gasteiger partial charge is 0.508 e. The van der Waals surface area contributed by atoms with Crippen LogP contribution in [0.5, 0.6) is 5.75 Å². The van der Waals surface area contributed by atoms with Gasteiger partial charge in [0.05, 0.1) is 5.33 Å². The van der Waals surface area contributed by atoms with E-state index in [0.29, 0.717) is 0 Å². The molecular weight excluding hydrogens is 236 g/mol. The van der Waals surface area contributed by atoms with Crippen molar-refractivity contribution in [2.45, 2.75) is 6.10 Å². The Bertz CT molecular complexity index is 311. The van der Waals surface area contributed by atoms with Crippen LogP contribution in [0, 0.1) is 0 Å². The molecule has 0 heterocycles. The first-order chi connectivity index (χ1) is 6.16. The Kier molecular flexibility index (Phi) is 3.45. The summed E-state index contributed by atoms with van der Waals surface area (Å²) in [6.45, 7) is 0. The van der Waals surface area contributed by atoms with Crippen molar-refractivity contribution in [1.82, 2.24) is 0 Å². The third kappa shape index (κ3) is 2.29. The fourth-order valence-corrected chi connectivity index (χ4v) is 1.27. The smallest absolute Gasteiger partial charge is 0.176 e. The van der Waals surface area contributed by atoms with E-state index in [2.05, 4.69) is 15.9 Å². The van der Waals surface area contributed by atoms with E-state index < -0.39 is 6.10 Å². The molecule has 4 heteroatoms. The maximum absolute atomic E-state index is 11.1. The van der Waals surface area contributed by atoms with Crippen LogP contribution in [-0.2, 0) is 4.79 Å². The number of benzene rings is 1. The summed E-state index contributed by atoms with van der Waals surface area (Å²) in [4.78, 5) is 11.1. The average molecular weight is 245 g/mol. The fourth-order valence-electron chi connectivity index (χ4n) is 0.965. The maximum Gasteiger partial charge on any atom is 0.176 e. The Labute approximate surface area is 84.1 Å². The number of carbonyl (C=O) groups excluding carboxylic acids is 1. The van der Waals surface area contributed by atoms with Crippen LogP contribution in [-0.4, -0.2) is 21.3 Å². The molecule has 0 bridgehead atoms. The van der Waals surface area contributed by atoms with Crippen LogP contribution in [0.15, 0.2) is 24.3 Å². The number of phenols is 1. The van der Waals surface area contributed by atoms with Gasteiger partial charge in [-0.3, -0.25) is 4.79 Å². The third-order valence-corrected chi connectivity index (χ3v) is 2.22. The number of rotatable bonds is 3. The van der Waals surface area contributed by atoms with Gasteiger partial charge in [-0.1, -0.05) is 34.1 Å². The Balaban J connectivity index is 2.95. The van der Waals surface area contributed by atoms with Gasteiger partial charge in [0.25, 0.3) is 0 Å². The third-order valence-electron chi connectivity index (χ3n) is 1.67. The molecule has 70 valence electrons. The number of halogens is 1. The second-order valence-corrected chi connectivity index (χ2v) is 3.12. The second-order valence-electron chi connectivity index (χ2n) is 2.56. The molecule has 3 nitrogen and oxygen atoms in total. The highest BCUT2D eigenvalue weighted by molar-refractivity contribution is 9.09. The number of alkyl halides is 1. The van der Waals surface area contributed by atoms with Gasteiger partial charge in [0.1, 0.15) is 11.9 Å². The molecule has 1 rings (SSSR count). The van der Waals surface area contributed by atoms with E-state index in [-0.39, 0.29) is 22.4 Å². The van der Waals surface area contributed by atoms with Crippen molar-refractivity contribution in [3.63, 3.8) is 0 Å². The first-order valence-corrected chi connectivity index (χ1v) is 4.83. The first-order valence-electron chi connectivity index (χ1n) is 3.71. The molecular formula is C9H9BrO3. The van der Waals surface area contributed by atoms with Crippen molar-refractivity contribution in [3.8, 4) is 5.75 Å². The number of carbonyl (C=O) groups is 1. The Hall–Kier alpha value is -0.870. The molecule has 1 aromatic carbocycles. The molecule has 1 aromatic rings. The monoisotopic (exact) mass is 244 g/mol. The predicted octanol–water partition coefficient (Wildman–Crippen LogP) is 1.39. The summed E-state index contributed by atoms with van der Waals surface area (Å²) < 4.78 is 0. The number of aromatic hydroxyl groups is 1. The summed E-state index contributed by atoms with van der Waals surface area (Å²) >= 11 is 2.95. The molecule has 0 aromatic heterocycles. The van der Waals surface area contributed by atoms with E-state index in [0.717, 1.165) is 0 Å². The van der Waals surface area contributed by atoms with E-state index in [1.54, 1.807) is 12.1 Å². The zero-order chi connectivity index (χ0) is 9.84. The summed E-state index contributed by atoms with van der Waals surface area (Å²) in [5.74, 6) is -0.439. The van der Waals surface area contributed by atoms with Crippen LogP contribution < -0.4 is 0 Å². The molecule has 13 heavy (non-hydrogen) atoms. The molecule has 0 amide bonds. The van der Waals surface area contributed by atoms with Gasteiger partial charge < -0.3 is 10.2 Å². The average Bonchev–Trinajstić information content (AvgIpc) is 2.16. The van der Waals surface area contributed by atoms with Crippen molar-refractivity contribution >= 4 is 21.7 Å². The molecule has 0 spiro atoms. The normalized spacial score (nSPS) is 12.5. The lowest BCUT2D eigenvalue weighted by molar-refractivity contribution is -0.124. The molecule has 0 radical (unpaired) electrons. The summed E-state index contributed by atoms with van der Waals surface area (Å²) in [5.41, 5.74) is 0.243. The minimum Gasteiger partial charge on any atom is -0.508 e. The minimum absolute atomic E-state index is 0.0655. The number of hydrogen-bond donors (Lipinski definition) is 2. The van der Waals surface area contributed by atoms with E-state index in [9.17, 15) is 15.0 Å². The van der Waals surface area contributed by atoms with Gasteiger partial charge in [-0.2, -0.15) is 0 Å². The summed E-state index contributed by atoms with van der Waals surface area (Å²) in [7, 11) is 0. The van der Waals surface area contributed by atoms with Gasteiger partial charge >= 0.3 is 0 Å². The molecule has 0 fully saturated rings. The lowest BCUT2D eigenvalue weighted by atomic mass is 10.1. The highest BCUT2D eigenvalue weighted by Gasteiger charge is 2.18. The van der Waals surface area contributed by atoms with Crippen LogP contribution in [0.4, 0.5) is 0 Å². The molecule has 2 N–H and O–H groups in total.